The van der Waals surface area contributed by atoms with Crippen molar-refractivity contribution in [3.8, 4) is 11.3 Å². The Kier molecular flexibility index (Phi) is 1.77. The molecule has 2 heterocycles. The molecule has 0 bridgehead atoms. The summed E-state index contributed by atoms with van der Waals surface area (Å²) in [5.74, 6) is 0. The van der Waals surface area contributed by atoms with Crippen LogP contribution in [0.3, 0.4) is 0 Å². The Morgan fingerprint density at radius 2 is 2.36 bits per heavy atom. The van der Waals surface area contributed by atoms with Gasteiger partial charge in [-0.1, -0.05) is 0 Å². The summed E-state index contributed by atoms with van der Waals surface area (Å²) >= 11 is 0. The number of hydrogen-bond donors (Lipinski definition) is 1. The average Bonchev–Trinajstić information content (AvgIpc) is 2.71. The summed E-state index contributed by atoms with van der Waals surface area (Å²) in [6.45, 7) is 0. The highest BCUT2D eigenvalue weighted by atomic mass is 16.6. The Morgan fingerprint density at radius 1 is 1.57 bits per heavy atom. The molecule has 72 valence electrons. The van der Waals surface area contributed by atoms with Gasteiger partial charge in [0, 0.05) is 18.8 Å². The first kappa shape index (κ1) is 8.42. The molecule has 0 unspecified atom stereocenters. The number of aryl methyl sites for hydroxylation is 1. The number of nitrogens with zero attached hydrogens (tertiary/aromatic N) is 4. The molecule has 7 heteroatoms. The number of aromatic amines is 1. The zero-order valence-electron chi connectivity index (χ0n) is 7.34. The van der Waals surface area contributed by atoms with Crippen molar-refractivity contribution in [2.24, 2.45) is 7.05 Å². The maximum atomic E-state index is 10.7. The predicted molar refractivity (Wildman–Crippen MR) is 47.4 cm³/mol. The van der Waals surface area contributed by atoms with Crippen LogP contribution < -0.4 is 0 Å². The number of rotatable bonds is 2. The fraction of sp³-hybridized carbons (Fsp3) is 0.143. The van der Waals surface area contributed by atoms with Crippen LogP contribution in [0, 0.1) is 10.1 Å². The second-order valence-corrected chi connectivity index (χ2v) is 2.75. The standard InChI is InChI=1S/C7H7N5O2/c1-11-7(5-2-8-9-3-5)6(4-10-11)12(13)14/h2-4H,1H3,(H,8,9). The van der Waals surface area contributed by atoms with Crippen LogP contribution in [0.15, 0.2) is 18.6 Å². The largest absolute Gasteiger partial charge is 0.315 e. The van der Waals surface area contributed by atoms with Crippen molar-refractivity contribution in [3.05, 3.63) is 28.7 Å². The van der Waals surface area contributed by atoms with E-state index in [0.29, 0.717) is 11.3 Å². The zero-order chi connectivity index (χ0) is 10.1. The van der Waals surface area contributed by atoms with Gasteiger partial charge in [0.1, 0.15) is 11.9 Å². The van der Waals surface area contributed by atoms with Gasteiger partial charge in [-0.15, -0.1) is 0 Å². The topological polar surface area (TPSA) is 89.6 Å². The van der Waals surface area contributed by atoms with Crippen LogP contribution in [0.5, 0.6) is 0 Å². The Hall–Kier alpha value is -2.18. The number of nitro groups is 1. The molecule has 0 atom stereocenters. The highest BCUT2D eigenvalue weighted by molar-refractivity contribution is 5.68. The summed E-state index contributed by atoms with van der Waals surface area (Å²) in [4.78, 5) is 10.2. The molecule has 0 aliphatic carbocycles. The molecular formula is C7H7N5O2. The molecule has 14 heavy (non-hydrogen) atoms. The molecule has 2 rings (SSSR count). The van der Waals surface area contributed by atoms with Crippen LogP contribution in [-0.2, 0) is 7.05 Å². The van der Waals surface area contributed by atoms with E-state index in [-0.39, 0.29) is 5.69 Å². The van der Waals surface area contributed by atoms with Crippen molar-refractivity contribution in [2.45, 2.75) is 0 Å². The van der Waals surface area contributed by atoms with Gasteiger partial charge in [0.15, 0.2) is 0 Å². The summed E-state index contributed by atoms with van der Waals surface area (Å²) in [5.41, 5.74) is 1.08. The molecule has 0 saturated heterocycles. The normalized spacial score (nSPS) is 10.4. The van der Waals surface area contributed by atoms with Crippen molar-refractivity contribution in [1.82, 2.24) is 20.0 Å². The number of hydrogen-bond acceptors (Lipinski definition) is 4. The van der Waals surface area contributed by atoms with Crippen molar-refractivity contribution >= 4 is 5.69 Å². The maximum absolute atomic E-state index is 10.7. The Morgan fingerprint density at radius 3 is 2.93 bits per heavy atom. The molecule has 2 aromatic heterocycles. The van der Waals surface area contributed by atoms with Crippen LogP contribution in [0.2, 0.25) is 0 Å². The van der Waals surface area contributed by atoms with Crippen LogP contribution in [0.25, 0.3) is 11.3 Å². The van der Waals surface area contributed by atoms with Crippen molar-refractivity contribution in [3.63, 3.8) is 0 Å². The molecule has 1 N–H and O–H groups in total. The van der Waals surface area contributed by atoms with E-state index in [2.05, 4.69) is 15.3 Å². The first-order valence-electron chi connectivity index (χ1n) is 3.85. The fourth-order valence-corrected chi connectivity index (χ4v) is 1.27. The van der Waals surface area contributed by atoms with E-state index < -0.39 is 4.92 Å². The van der Waals surface area contributed by atoms with Crippen LogP contribution >= 0.6 is 0 Å². The molecule has 0 spiro atoms. The smallest absolute Gasteiger partial charge is 0.285 e. The van der Waals surface area contributed by atoms with E-state index in [4.69, 9.17) is 0 Å². The lowest BCUT2D eigenvalue weighted by molar-refractivity contribution is -0.384. The van der Waals surface area contributed by atoms with Gasteiger partial charge >= 0.3 is 5.69 Å². The minimum Gasteiger partial charge on any atom is -0.285 e. The quantitative estimate of drug-likeness (QED) is 0.562. The van der Waals surface area contributed by atoms with E-state index in [0.717, 1.165) is 0 Å². The van der Waals surface area contributed by atoms with Crippen molar-refractivity contribution < 1.29 is 4.92 Å². The third-order valence-electron chi connectivity index (χ3n) is 1.89. The van der Waals surface area contributed by atoms with Gasteiger partial charge in [-0.3, -0.25) is 19.9 Å². The Bertz CT molecular complexity index is 458. The number of nitrogens with one attached hydrogen (secondary N) is 1. The summed E-state index contributed by atoms with van der Waals surface area (Å²) in [6, 6.07) is 0. The number of aromatic nitrogens is 4. The SMILES string of the molecule is Cn1ncc([N+](=O)[O-])c1-c1cn[nH]c1. The van der Waals surface area contributed by atoms with Gasteiger partial charge in [0.2, 0.25) is 0 Å². The Balaban J connectivity index is 2.62. The van der Waals surface area contributed by atoms with E-state index in [1.54, 1.807) is 13.2 Å². The van der Waals surface area contributed by atoms with Gasteiger partial charge in [-0.2, -0.15) is 10.2 Å². The fourth-order valence-electron chi connectivity index (χ4n) is 1.27. The average molecular weight is 193 g/mol. The molecule has 0 aromatic carbocycles. The molecular weight excluding hydrogens is 186 g/mol. The minimum atomic E-state index is -0.463. The third-order valence-corrected chi connectivity index (χ3v) is 1.89. The number of H-pyrrole nitrogens is 1. The summed E-state index contributed by atoms with van der Waals surface area (Å²) in [7, 11) is 1.65. The maximum Gasteiger partial charge on any atom is 0.315 e. The monoisotopic (exact) mass is 193 g/mol. The van der Waals surface area contributed by atoms with Crippen molar-refractivity contribution in [1.29, 1.82) is 0 Å². The lowest BCUT2D eigenvalue weighted by atomic mass is 10.2. The molecule has 0 amide bonds. The predicted octanol–water partition coefficient (Wildman–Crippen LogP) is 0.718. The van der Waals surface area contributed by atoms with Gasteiger partial charge in [-0.25, -0.2) is 0 Å². The molecule has 0 aliphatic rings. The minimum absolute atomic E-state index is 0.0195. The van der Waals surface area contributed by atoms with Crippen molar-refractivity contribution in [2.75, 3.05) is 0 Å². The van der Waals surface area contributed by atoms with E-state index in [1.807, 2.05) is 0 Å². The van der Waals surface area contributed by atoms with E-state index >= 15 is 0 Å². The van der Waals surface area contributed by atoms with Crippen LogP contribution in [-0.4, -0.2) is 24.9 Å². The van der Waals surface area contributed by atoms with Gasteiger partial charge in [-0.05, 0) is 0 Å². The highest BCUT2D eigenvalue weighted by Crippen LogP contribution is 2.27. The second kappa shape index (κ2) is 2.95. The first-order valence-corrected chi connectivity index (χ1v) is 3.85. The van der Waals surface area contributed by atoms with Gasteiger partial charge < -0.3 is 0 Å². The van der Waals surface area contributed by atoms with Gasteiger partial charge in [0.25, 0.3) is 0 Å². The zero-order valence-corrected chi connectivity index (χ0v) is 7.34. The molecule has 7 nitrogen and oxygen atoms in total. The highest BCUT2D eigenvalue weighted by Gasteiger charge is 2.20. The summed E-state index contributed by atoms with van der Waals surface area (Å²) < 4.78 is 1.45. The van der Waals surface area contributed by atoms with Crippen LogP contribution in [0.4, 0.5) is 5.69 Å². The van der Waals surface area contributed by atoms with E-state index in [9.17, 15) is 10.1 Å². The van der Waals surface area contributed by atoms with Gasteiger partial charge in [0.05, 0.1) is 11.1 Å². The molecule has 0 aliphatic heterocycles. The first-order chi connectivity index (χ1) is 6.70. The lowest BCUT2D eigenvalue weighted by Crippen LogP contribution is -1.95. The van der Waals surface area contributed by atoms with E-state index in [1.165, 1.54) is 17.1 Å². The second-order valence-electron chi connectivity index (χ2n) is 2.75. The molecule has 0 saturated carbocycles. The lowest BCUT2D eigenvalue weighted by Gasteiger charge is -1.96. The Labute approximate surface area is 78.5 Å². The summed E-state index contributed by atoms with van der Waals surface area (Å²) in [5, 5.41) is 20.8. The van der Waals surface area contributed by atoms with Crippen LogP contribution in [0.1, 0.15) is 0 Å². The molecule has 0 fully saturated rings. The molecule has 0 radical (unpaired) electrons. The summed E-state index contributed by atoms with van der Waals surface area (Å²) in [6.07, 6.45) is 4.33. The molecule has 2 aromatic rings. The third kappa shape index (κ3) is 1.15.